The molecule has 2 aromatic heterocycles. The second-order valence-electron chi connectivity index (χ2n) is 9.70. The quantitative estimate of drug-likeness (QED) is 0.523. The van der Waals surface area contributed by atoms with E-state index in [0.717, 1.165) is 31.7 Å². The van der Waals surface area contributed by atoms with Crippen molar-refractivity contribution < 1.29 is 18.3 Å². The van der Waals surface area contributed by atoms with E-state index in [2.05, 4.69) is 20.6 Å². The molecule has 0 bridgehead atoms. The Morgan fingerprint density at radius 3 is 2.56 bits per heavy atom. The van der Waals surface area contributed by atoms with Crippen LogP contribution in [0.15, 0.2) is 24.4 Å². The van der Waals surface area contributed by atoms with Crippen LogP contribution in [-0.4, -0.2) is 62.7 Å². The lowest BCUT2D eigenvalue weighted by atomic mass is 9.85. The van der Waals surface area contributed by atoms with Gasteiger partial charge in [-0.25, -0.2) is 18.7 Å². The zero-order valence-corrected chi connectivity index (χ0v) is 20.5. The van der Waals surface area contributed by atoms with Crippen molar-refractivity contribution in [2.24, 2.45) is 5.92 Å². The molecule has 1 aliphatic carbocycles. The van der Waals surface area contributed by atoms with Crippen molar-refractivity contribution in [3.8, 4) is 0 Å². The number of rotatable bonds is 6. The number of ether oxygens (including phenoxy) is 1. The molecule has 1 aromatic carbocycles. The van der Waals surface area contributed by atoms with Gasteiger partial charge in [0.2, 0.25) is 17.8 Å². The summed E-state index contributed by atoms with van der Waals surface area (Å²) >= 11 is 0. The first kappa shape index (κ1) is 24.4. The fraction of sp³-hybridized carbons (Fsp3) is 0.520. The Morgan fingerprint density at radius 1 is 1.11 bits per heavy atom. The maximum absolute atomic E-state index is 14.5. The van der Waals surface area contributed by atoms with E-state index in [1.54, 1.807) is 6.20 Å². The number of carbonyl (C=O) groups excluding carboxylic acids is 1. The van der Waals surface area contributed by atoms with Crippen molar-refractivity contribution >= 4 is 34.7 Å². The first-order valence-electron chi connectivity index (χ1n) is 12.5. The number of halogens is 2. The maximum Gasteiger partial charge on any atom is 0.225 e. The van der Waals surface area contributed by atoms with Crippen LogP contribution in [0.5, 0.6) is 0 Å². The largest absolute Gasteiger partial charge is 0.378 e. The third kappa shape index (κ3) is 5.11. The highest BCUT2D eigenvalue weighted by Gasteiger charge is 2.32. The molecule has 5 rings (SSSR count). The van der Waals surface area contributed by atoms with Gasteiger partial charge in [-0.2, -0.15) is 4.98 Å². The minimum absolute atomic E-state index is 0.0107. The predicted molar refractivity (Wildman–Crippen MR) is 132 cm³/mol. The van der Waals surface area contributed by atoms with E-state index in [1.807, 2.05) is 23.3 Å². The molecule has 3 heterocycles. The topological polar surface area (TPSA) is 97.2 Å². The lowest BCUT2D eigenvalue weighted by Crippen LogP contribution is -2.44. The van der Waals surface area contributed by atoms with Crippen LogP contribution in [0, 0.1) is 17.6 Å². The van der Waals surface area contributed by atoms with Crippen LogP contribution < -0.4 is 10.6 Å². The molecule has 3 aromatic rings. The number of amides is 1. The molecule has 2 aliphatic rings. The number of morpholine rings is 1. The van der Waals surface area contributed by atoms with Crippen molar-refractivity contribution in [1.29, 1.82) is 0 Å². The minimum Gasteiger partial charge on any atom is -0.378 e. The number of benzene rings is 1. The molecular formula is C25H31F2N7O2. The van der Waals surface area contributed by atoms with Crippen LogP contribution in [0.3, 0.4) is 0 Å². The Kier molecular flexibility index (Phi) is 6.99. The first-order valence-corrected chi connectivity index (χ1v) is 12.5. The molecule has 2 N–H and O–H groups in total. The number of carbonyl (C=O) groups is 1. The third-order valence-corrected chi connectivity index (χ3v) is 6.76. The van der Waals surface area contributed by atoms with Gasteiger partial charge in [0.05, 0.1) is 25.1 Å². The van der Waals surface area contributed by atoms with E-state index in [-0.39, 0.29) is 29.6 Å². The highest BCUT2D eigenvalue weighted by atomic mass is 19.1. The van der Waals surface area contributed by atoms with Crippen LogP contribution in [0.2, 0.25) is 0 Å². The highest BCUT2D eigenvalue weighted by Crippen LogP contribution is 2.38. The number of nitrogens with one attached hydrogen (secondary N) is 2. The molecule has 1 aliphatic heterocycles. The zero-order chi connectivity index (χ0) is 25.2. The molecule has 1 amide bonds. The van der Waals surface area contributed by atoms with Crippen molar-refractivity contribution in [3.05, 3.63) is 36.0 Å². The summed E-state index contributed by atoms with van der Waals surface area (Å²) in [5.74, 6) is -0.284. The number of anilines is 3. The van der Waals surface area contributed by atoms with E-state index in [1.165, 1.54) is 12.1 Å². The molecule has 1 saturated heterocycles. The Bertz CT molecular complexity index is 1230. The average Bonchev–Trinajstić information content (AvgIpc) is 3.22. The summed E-state index contributed by atoms with van der Waals surface area (Å²) in [5, 5.41) is 6.25. The van der Waals surface area contributed by atoms with E-state index < -0.39 is 11.6 Å². The summed E-state index contributed by atoms with van der Waals surface area (Å²) in [5.41, 5.74) is 1.32. The molecule has 0 atom stereocenters. The van der Waals surface area contributed by atoms with Crippen molar-refractivity contribution in [2.75, 3.05) is 36.9 Å². The van der Waals surface area contributed by atoms with E-state index in [4.69, 9.17) is 9.72 Å². The average molecular weight is 500 g/mol. The van der Waals surface area contributed by atoms with Gasteiger partial charge in [0, 0.05) is 37.2 Å². The Balaban J connectivity index is 1.43. The molecule has 36 heavy (non-hydrogen) atoms. The molecule has 11 heteroatoms. The second kappa shape index (κ2) is 10.3. The number of nitrogens with zero attached hydrogens (tertiary/aromatic N) is 5. The molecular weight excluding hydrogens is 468 g/mol. The van der Waals surface area contributed by atoms with Gasteiger partial charge >= 0.3 is 0 Å². The summed E-state index contributed by atoms with van der Waals surface area (Å²) in [4.78, 5) is 28.6. The number of fused-ring (bicyclic) bond motifs is 1. The maximum atomic E-state index is 14.5. The van der Waals surface area contributed by atoms with Gasteiger partial charge < -0.3 is 20.3 Å². The SMILES string of the molecule is CC(C)Nc1ncc2nc(Nc3ccc(F)cc3F)n([C@H]3CC[C@@H](C(=O)N4CCOCC4)CC3)c2n1. The Morgan fingerprint density at radius 2 is 1.86 bits per heavy atom. The van der Waals surface area contributed by atoms with Crippen LogP contribution in [0.25, 0.3) is 11.2 Å². The van der Waals surface area contributed by atoms with Crippen molar-refractivity contribution in [1.82, 2.24) is 24.4 Å². The third-order valence-electron chi connectivity index (χ3n) is 6.76. The van der Waals surface area contributed by atoms with Gasteiger partial charge in [-0.1, -0.05) is 0 Å². The summed E-state index contributed by atoms with van der Waals surface area (Å²) < 4.78 is 35.3. The van der Waals surface area contributed by atoms with E-state index in [9.17, 15) is 13.6 Å². The zero-order valence-electron chi connectivity index (χ0n) is 20.5. The number of hydrogen-bond donors (Lipinski definition) is 2. The Labute approximate surface area is 208 Å². The smallest absolute Gasteiger partial charge is 0.225 e. The fourth-order valence-electron chi connectivity index (χ4n) is 4.99. The van der Waals surface area contributed by atoms with Crippen LogP contribution in [0.1, 0.15) is 45.6 Å². The predicted octanol–water partition coefficient (Wildman–Crippen LogP) is 4.26. The number of aromatic nitrogens is 4. The standard InChI is InChI=1S/C25H31F2N7O2/c1-15(2)29-24-28-14-21-22(32-24)34(25(31-21)30-20-8-5-17(26)13-19(20)27)18-6-3-16(4-7-18)23(35)33-9-11-36-12-10-33/h5,8,13-16,18H,3-4,6-7,9-12H2,1-2H3,(H,30,31)(H,28,29,32)/t16-,18+. The number of imidazole rings is 1. The van der Waals surface area contributed by atoms with Gasteiger partial charge in [0.25, 0.3) is 0 Å². The van der Waals surface area contributed by atoms with Gasteiger partial charge in [-0.15, -0.1) is 0 Å². The molecule has 0 radical (unpaired) electrons. The van der Waals surface area contributed by atoms with Gasteiger partial charge in [0.1, 0.15) is 17.2 Å². The number of hydrogen-bond acceptors (Lipinski definition) is 7. The lowest BCUT2D eigenvalue weighted by molar-refractivity contribution is -0.140. The molecule has 0 spiro atoms. The monoisotopic (exact) mass is 499 g/mol. The normalized spacial score (nSPS) is 20.6. The summed E-state index contributed by atoms with van der Waals surface area (Å²) in [7, 11) is 0. The van der Waals surface area contributed by atoms with Gasteiger partial charge in [0.15, 0.2) is 5.65 Å². The highest BCUT2D eigenvalue weighted by molar-refractivity contribution is 5.79. The Hall–Kier alpha value is -3.34. The fourth-order valence-corrected chi connectivity index (χ4v) is 4.99. The van der Waals surface area contributed by atoms with Crippen molar-refractivity contribution in [3.63, 3.8) is 0 Å². The van der Waals surface area contributed by atoms with Gasteiger partial charge in [-0.05, 0) is 51.7 Å². The lowest BCUT2D eigenvalue weighted by Gasteiger charge is -2.34. The molecule has 2 fully saturated rings. The van der Waals surface area contributed by atoms with Crippen molar-refractivity contribution in [2.45, 2.75) is 51.6 Å². The second-order valence-corrected chi connectivity index (χ2v) is 9.70. The van der Waals surface area contributed by atoms with Crippen LogP contribution in [-0.2, 0) is 9.53 Å². The first-order chi connectivity index (χ1) is 17.4. The molecule has 9 nitrogen and oxygen atoms in total. The van der Waals surface area contributed by atoms with Crippen LogP contribution in [0.4, 0.5) is 26.4 Å². The van der Waals surface area contributed by atoms with E-state index >= 15 is 0 Å². The molecule has 1 saturated carbocycles. The van der Waals surface area contributed by atoms with Crippen LogP contribution >= 0.6 is 0 Å². The summed E-state index contributed by atoms with van der Waals surface area (Å²) in [6, 6.07) is 3.54. The summed E-state index contributed by atoms with van der Waals surface area (Å²) in [6.07, 6.45) is 4.64. The minimum atomic E-state index is -0.707. The molecule has 0 unspecified atom stereocenters. The summed E-state index contributed by atoms with van der Waals surface area (Å²) in [6.45, 7) is 6.46. The van der Waals surface area contributed by atoms with E-state index in [0.29, 0.717) is 49.4 Å². The van der Waals surface area contributed by atoms with Gasteiger partial charge in [-0.3, -0.25) is 9.36 Å². The molecule has 192 valence electrons.